The normalized spacial score (nSPS) is 12.5. The Morgan fingerprint density at radius 2 is 1.78 bits per heavy atom. The predicted octanol–water partition coefficient (Wildman–Crippen LogP) is 4.45. The number of carbonyl (C=O) groups is 2. The molecule has 0 amide bonds. The van der Waals surface area contributed by atoms with Crippen molar-refractivity contribution < 1.29 is 19.1 Å². The molecule has 4 nitrogen and oxygen atoms in total. The Morgan fingerprint density at radius 3 is 2.48 bits per heavy atom. The van der Waals surface area contributed by atoms with Gasteiger partial charge in [-0.15, -0.1) is 0 Å². The first-order valence-electron chi connectivity index (χ1n) is 9.72. The van der Waals surface area contributed by atoms with Gasteiger partial charge in [0.2, 0.25) is 0 Å². The Labute approximate surface area is 160 Å². The van der Waals surface area contributed by atoms with E-state index in [1.165, 1.54) is 11.1 Å². The number of ether oxygens (including phenoxy) is 2. The van der Waals surface area contributed by atoms with E-state index in [0.717, 1.165) is 43.2 Å². The summed E-state index contributed by atoms with van der Waals surface area (Å²) >= 11 is 0. The number of hydrogen-bond donors (Lipinski definition) is 0. The zero-order valence-electron chi connectivity index (χ0n) is 16.0. The maximum absolute atomic E-state index is 12.6. The molecule has 4 heteroatoms. The Hall–Kier alpha value is -2.62. The molecule has 1 aliphatic carbocycles. The standard InChI is InChI=1S/C23H26O4/c1-3-6-16-9-11-18(12-10-16)23(25)27-21-14-13-17-7-5-8-19(17)20(21)15-22(24)26-4-2/h9-14H,3-8,15H2,1-2H3. The third kappa shape index (κ3) is 4.57. The zero-order valence-corrected chi connectivity index (χ0v) is 16.0. The molecular weight excluding hydrogens is 340 g/mol. The lowest BCUT2D eigenvalue weighted by Crippen LogP contribution is -2.14. The number of carbonyl (C=O) groups excluding carboxylic acids is 2. The summed E-state index contributed by atoms with van der Waals surface area (Å²) in [5.41, 5.74) is 4.87. The molecular formula is C23H26O4. The fourth-order valence-electron chi connectivity index (χ4n) is 3.62. The number of fused-ring (bicyclic) bond motifs is 1. The van der Waals surface area contributed by atoms with Gasteiger partial charge >= 0.3 is 11.9 Å². The summed E-state index contributed by atoms with van der Waals surface area (Å²) in [6.45, 7) is 4.25. The first-order valence-corrected chi connectivity index (χ1v) is 9.72. The summed E-state index contributed by atoms with van der Waals surface area (Å²) in [7, 11) is 0. The molecule has 0 aromatic heterocycles. The molecule has 0 fully saturated rings. The van der Waals surface area contributed by atoms with Gasteiger partial charge in [-0.2, -0.15) is 0 Å². The fourth-order valence-corrected chi connectivity index (χ4v) is 3.62. The molecule has 142 valence electrons. The lowest BCUT2D eigenvalue weighted by atomic mass is 9.99. The summed E-state index contributed by atoms with van der Waals surface area (Å²) in [5.74, 6) is -0.230. The predicted molar refractivity (Wildman–Crippen MR) is 104 cm³/mol. The van der Waals surface area contributed by atoms with Gasteiger partial charge < -0.3 is 9.47 Å². The second-order valence-electron chi connectivity index (χ2n) is 6.85. The fraction of sp³-hybridized carbons (Fsp3) is 0.391. The molecule has 0 saturated carbocycles. The van der Waals surface area contributed by atoms with Gasteiger partial charge in [0.15, 0.2) is 0 Å². The number of hydrogen-bond acceptors (Lipinski definition) is 4. The van der Waals surface area contributed by atoms with Crippen molar-refractivity contribution >= 4 is 11.9 Å². The first-order chi connectivity index (χ1) is 13.1. The van der Waals surface area contributed by atoms with E-state index in [4.69, 9.17) is 9.47 Å². The van der Waals surface area contributed by atoms with Crippen LogP contribution in [0.3, 0.4) is 0 Å². The Kier molecular flexibility index (Phi) is 6.28. The van der Waals surface area contributed by atoms with Crippen molar-refractivity contribution in [2.24, 2.45) is 0 Å². The van der Waals surface area contributed by atoms with Crippen molar-refractivity contribution in [2.45, 2.75) is 52.4 Å². The monoisotopic (exact) mass is 366 g/mol. The molecule has 0 aliphatic heterocycles. The first kappa shape index (κ1) is 19.2. The van der Waals surface area contributed by atoms with E-state index in [1.807, 2.05) is 24.3 Å². The highest BCUT2D eigenvalue weighted by Gasteiger charge is 2.22. The van der Waals surface area contributed by atoms with Crippen LogP contribution in [0.1, 0.15) is 59.3 Å². The highest BCUT2D eigenvalue weighted by molar-refractivity contribution is 5.91. The van der Waals surface area contributed by atoms with Gasteiger partial charge in [0.25, 0.3) is 0 Å². The average Bonchev–Trinajstić information content (AvgIpc) is 3.14. The average molecular weight is 366 g/mol. The van der Waals surface area contributed by atoms with Crippen molar-refractivity contribution in [1.82, 2.24) is 0 Å². The van der Waals surface area contributed by atoms with Crippen LogP contribution in [0.2, 0.25) is 0 Å². The maximum Gasteiger partial charge on any atom is 0.343 e. The summed E-state index contributed by atoms with van der Waals surface area (Å²) in [4.78, 5) is 24.7. The Bertz CT molecular complexity index is 821. The van der Waals surface area contributed by atoms with E-state index in [9.17, 15) is 9.59 Å². The second-order valence-corrected chi connectivity index (χ2v) is 6.85. The van der Waals surface area contributed by atoms with Gasteiger partial charge in [0, 0.05) is 5.56 Å². The SMILES string of the molecule is CCCc1ccc(C(=O)Oc2ccc3c(c2CC(=O)OCC)CCC3)cc1. The minimum absolute atomic E-state index is 0.134. The van der Waals surface area contributed by atoms with Gasteiger partial charge in [-0.3, -0.25) is 4.79 Å². The lowest BCUT2D eigenvalue weighted by molar-refractivity contribution is -0.142. The van der Waals surface area contributed by atoms with E-state index >= 15 is 0 Å². The molecule has 3 rings (SSSR count). The van der Waals surface area contributed by atoms with E-state index in [-0.39, 0.29) is 12.4 Å². The molecule has 0 atom stereocenters. The molecule has 0 bridgehead atoms. The molecule has 1 aliphatic rings. The van der Waals surface area contributed by atoms with E-state index in [2.05, 4.69) is 6.92 Å². The van der Waals surface area contributed by atoms with Crippen LogP contribution in [0.5, 0.6) is 5.75 Å². The van der Waals surface area contributed by atoms with Gasteiger partial charge in [0.05, 0.1) is 18.6 Å². The Morgan fingerprint density at radius 1 is 1.00 bits per heavy atom. The van der Waals surface area contributed by atoms with Crippen LogP contribution in [-0.2, 0) is 35.2 Å². The molecule has 0 heterocycles. The van der Waals surface area contributed by atoms with Gasteiger partial charge in [-0.05, 0) is 67.5 Å². The number of benzene rings is 2. The van der Waals surface area contributed by atoms with Crippen LogP contribution < -0.4 is 4.74 Å². The summed E-state index contributed by atoms with van der Waals surface area (Å²) in [6, 6.07) is 11.3. The lowest BCUT2D eigenvalue weighted by Gasteiger charge is -2.14. The number of rotatable bonds is 7. The zero-order chi connectivity index (χ0) is 19.2. The van der Waals surface area contributed by atoms with Crippen molar-refractivity contribution in [2.75, 3.05) is 6.61 Å². The summed E-state index contributed by atoms with van der Waals surface area (Å²) < 4.78 is 10.8. The largest absolute Gasteiger partial charge is 0.466 e. The number of esters is 2. The van der Waals surface area contributed by atoms with E-state index in [0.29, 0.717) is 17.9 Å². The molecule has 2 aromatic carbocycles. The van der Waals surface area contributed by atoms with Crippen LogP contribution in [0, 0.1) is 0 Å². The second kappa shape index (κ2) is 8.85. The number of aryl methyl sites for hydroxylation is 2. The smallest absolute Gasteiger partial charge is 0.343 e. The highest BCUT2D eigenvalue weighted by atomic mass is 16.5. The third-order valence-electron chi connectivity index (χ3n) is 4.92. The molecule has 0 spiro atoms. The molecule has 0 radical (unpaired) electrons. The molecule has 27 heavy (non-hydrogen) atoms. The van der Waals surface area contributed by atoms with Crippen LogP contribution >= 0.6 is 0 Å². The van der Waals surface area contributed by atoms with Gasteiger partial charge in [0.1, 0.15) is 5.75 Å². The summed E-state index contributed by atoms with van der Waals surface area (Å²) in [5, 5.41) is 0. The van der Waals surface area contributed by atoms with Crippen LogP contribution in [0.4, 0.5) is 0 Å². The minimum atomic E-state index is -0.402. The molecule has 2 aromatic rings. The topological polar surface area (TPSA) is 52.6 Å². The van der Waals surface area contributed by atoms with Crippen molar-refractivity contribution in [1.29, 1.82) is 0 Å². The van der Waals surface area contributed by atoms with Crippen molar-refractivity contribution in [3.63, 3.8) is 0 Å². The third-order valence-corrected chi connectivity index (χ3v) is 4.92. The van der Waals surface area contributed by atoms with E-state index < -0.39 is 5.97 Å². The quantitative estimate of drug-likeness (QED) is 0.536. The van der Waals surface area contributed by atoms with Crippen LogP contribution in [-0.4, -0.2) is 18.5 Å². The molecule has 0 saturated heterocycles. The van der Waals surface area contributed by atoms with E-state index in [1.54, 1.807) is 19.1 Å². The van der Waals surface area contributed by atoms with Gasteiger partial charge in [-0.25, -0.2) is 4.79 Å². The van der Waals surface area contributed by atoms with Crippen molar-refractivity contribution in [3.05, 3.63) is 64.2 Å². The van der Waals surface area contributed by atoms with Crippen LogP contribution in [0.25, 0.3) is 0 Å². The van der Waals surface area contributed by atoms with Crippen LogP contribution in [0.15, 0.2) is 36.4 Å². The summed E-state index contributed by atoms with van der Waals surface area (Å²) in [6.07, 6.45) is 5.15. The maximum atomic E-state index is 12.6. The Balaban J connectivity index is 1.83. The van der Waals surface area contributed by atoms with Crippen molar-refractivity contribution in [3.8, 4) is 5.75 Å². The molecule has 0 N–H and O–H groups in total. The molecule has 0 unspecified atom stereocenters. The highest BCUT2D eigenvalue weighted by Crippen LogP contribution is 2.33. The minimum Gasteiger partial charge on any atom is -0.466 e. The van der Waals surface area contributed by atoms with Gasteiger partial charge in [-0.1, -0.05) is 31.5 Å².